The van der Waals surface area contributed by atoms with Crippen molar-refractivity contribution in [2.24, 2.45) is 5.14 Å². The van der Waals surface area contributed by atoms with Crippen LogP contribution in [0.2, 0.25) is 0 Å². The summed E-state index contributed by atoms with van der Waals surface area (Å²) >= 11 is -1.76. The van der Waals surface area contributed by atoms with Crippen molar-refractivity contribution >= 4 is 28.7 Å². The van der Waals surface area contributed by atoms with E-state index in [2.05, 4.69) is 42.0 Å². The number of nitrogens with zero attached hydrogens (tertiary/aromatic N) is 4. The first-order chi connectivity index (χ1) is 23.5. The molecular weight excluding hydrogens is 666 g/mol. The van der Waals surface area contributed by atoms with Crippen LogP contribution in [0.25, 0.3) is 0 Å². The van der Waals surface area contributed by atoms with Crippen LogP contribution in [0.4, 0.5) is 29.2 Å². The van der Waals surface area contributed by atoms with Crippen molar-refractivity contribution in [1.82, 2.24) is 29.8 Å². The second-order valence-corrected chi connectivity index (χ2v) is 13.0. The Morgan fingerprint density at radius 2 is 1.65 bits per heavy atom. The Kier molecular flexibility index (Phi) is 12.4. The van der Waals surface area contributed by atoms with Crippen molar-refractivity contribution in [3.63, 3.8) is 0 Å². The van der Waals surface area contributed by atoms with E-state index < -0.39 is 45.9 Å². The van der Waals surface area contributed by atoms with Gasteiger partial charge in [0.1, 0.15) is 5.69 Å². The number of anilines is 2. The first kappa shape index (κ1) is 36.4. The van der Waals surface area contributed by atoms with Crippen molar-refractivity contribution < 1.29 is 26.6 Å². The Hall–Kier alpha value is -3.90. The number of halogens is 4. The summed E-state index contributed by atoms with van der Waals surface area (Å²) in [4.78, 5) is 40.3. The molecular formula is C32H41F4N9O3S. The molecule has 266 valence electrons. The van der Waals surface area contributed by atoms with Crippen LogP contribution in [-0.2, 0) is 24.3 Å². The lowest BCUT2D eigenvalue weighted by Gasteiger charge is -2.47. The van der Waals surface area contributed by atoms with E-state index in [1.54, 1.807) is 6.07 Å². The van der Waals surface area contributed by atoms with Gasteiger partial charge in [-0.2, -0.15) is 0 Å². The van der Waals surface area contributed by atoms with Crippen LogP contribution >= 0.6 is 0 Å². The fraction of sp³-hybridized carbons (Fsp3) is 0.469. The topological polar surface area (TPSA) is 152 Å². The number of piperazine rings is 1. The Morgan fingerprint density at radius 3 is 2.31 bits per heavy atom. The summed E-state index contributed by atoms with van der Waals surface area (Å²) in [7, 11) is 0. The summed E-state index contributed by atoms with van der Waals surface area (Å²) in [5.74, 6) is -4.18. The molecule has 2 atom stereocenters. The number of amides is 1. The van der Waals surface area contributed by atoms with Gasteiger partial charge in [-0.15, -0.1) is 0 Å². The van der Waals surface area contributed by atoms with E-state index in [0.29, 0.717) is 37.8 Å². The summed E-state index contributed by atoms with van der Waals surface area (Å²) < 4.78 is 68.0. The first-order valence-electron chi connectivity index (χ1n) is 16.2. The molecule has 0 aliphatic carbocycles. The molecule has 2 aliphatic heterocycles. The molecule has 5 rings (SSSR count). The van der Waals surface area contributed by atoms with Gasteiger partial charge in [0.25, 0.3) is 11.5 Å². The molecule has 2 aliphatic rings. The third kappa shape index (κ3) is 9.42. The van der Waals surface area contributed by atoms with Crippen LogP contribution in [0.1, 0.15) is 47.8 Å². The highest BCUT2D eigenvalue weighted by Gasteiger charge is 2.34. The summed E-state index contributed by atoms with van der Waals surface area (Å²) in [6, 6.07) is 7.90. The number of carbonyl (C=O) groups excluding carboxylic acids is 1. The van der Waals surface area contributed by atoms with Crippen LogP contribution < -0.4 is 31.0 Å². The van der Waals surface area contributed by atoms with Gasteiger partial charge in [-0.1, -0.05) is 19.1 Å². The zero-order chi connectivity index (χ0) is 35.1. The van der Waals surface area contributed by atoms with Crippen molar-refractivity contribution in [2.75, 3.05) is 56.0 Å². The number of H-pyrrole nitrogens is 1. The number of hydrogen-bond donors (Lipinski definition) is 5. The first-order valence-corrected chi connectivity index (χ1v) is 17.4. The van der Waals surface area contributed by atoms with Gasteiger partial charge >= 0.3 is 0 Å². The summed E-state index contributed by atoms with van der Waals surface area (Å²) in [5, 5.41) is 10.8. The minimum atomic E-state index is -1.76. The summed E-state index contributed by atoms with van der Waals surface area (Å²) in [6.07, 6.45) is 2.65. The molecule has 0 bridgehead atoms. The van der Waals surface area contributed by atoms with Crippen LogP contribution in [0.5, 0.6) is 0 Å². The molecule has 3 heterocycles. The van der Waals surface area contributed by atoms with E-state index in [9.17, 15) is 31.4 Å². The summed E-state index contributed by atoms with van der Waals surface area (Å²) in [5.41, 5.74) is 0.424. The highest BCUT2D eigenvalue weighted by Crippen LogP contribution is 2.26. The smallest absolute Gasteiger partial charge is 0.291 e. The molecule has 12 nitrogen and oxygen atoms in total. The Labute approximate surface area is 284 Å². The van der Waals surface area contributed by atoms with Crippen LogP contribution in [0.15, 0.2) is 41.2 Å². The largest absolute Gasteiger partial charge is 0.364 e. The van der Waals surface area contributed by atoms with Gasteiger partial charge in [0.15, 0.2) is 46.1 Å². The minimum Gasteiger partial charge on any atom is -0.364 e. The van der Waals surface area contributed by atoms with Gasteiger partial charge in [0.2, 0.25) is 0 Å². The van der Waals surface area contributed by atoms with Gasteiger partial charge in [-0.3, -0.25) is 19.4 Å². The minimum absolute atomic E-state index is 0.0101. The van der Waals surface area contributed by atoms with Crippen LogP contribution in [0.3, 0.4) is 0 Å². The molecule has 3 aromatic rings. The zero-order valence-electron chi connectivity index (χ0n) is 27.1. The fourth-order valence-corrected chi connectivity index (χ4v) is 6.71. The lowest BCUT2D eigenvalue weighted by Crippen LogP contribution is -2.59. The second kappa shape index (κ2) is 16.7. The van der Waals surface area contributed by atoms with Crippen LogP contribution in [-0.4, -0.2) is 87.8 Å². The maximum atomic E-state index is 13.9. The van der Waals surface area contributed by atoms with Gasteiger partial charge < -0.3 is 20.5 Å². The number of likely N-dealkylation sites (tertiary alicyclic amines) is 1. The Morgan fingerprint density at radius 1 is 0.980 bits per heavy atom. The number of hydrogen-bond acceptors (Lipinski definition) is 8. The highest BCUT2D eigenvalue weighted by molar-refractivity contribution is 7.80. The number of piperidine rings is 1. The SMILES string of the molecule is CCC1CN(c2nc(NCc3ccc(F)c(F)c3)c(C(=O)NCCNS(N)=O)[nH]c2=O)CCN1C1CCN(Cc2ccc(F)c(F)c2)CC1. The molecule has 2 fully saturated rings. The molecule has 0 saturated carbocycles. The molecule has 2 unspecified atom stereocenters. The standard InChI is InChI=1S/C32H41F4N9O3S/c1-2-22-19-44(13-14-45(22)23-7-11-43(12-8-23)18-21-4-6-25(34)27(36)16-21)30-32(47)41-28(31(46)38-9-10-40-49(37)48)29(42-30)39-17-20-3-5-24(33)26(35)15-20/h3-6,15-16,22-23,40H,2,7-14,17-19,37H2,1H3,(H,38,46)(H,39,42)(H,41,47). The predicted octanol–water partition coefficient (Wildman–Crippen LogP) is 2.36. The van der Waals surface area contributed by atoms with Gasteiger partial charge in [-0.05, 0) is 67.7 Å². The number of carbonyl (C=O) groups is 1. The zero-order valence-corrected chi connectivity index (χ0v) is 27.9. The fourth-order valence-electron chi connectivity index (χ4n) is 6.41. The normalized spacial score (nSPS) is 18.4. The van der Waals surface area contributed by atoms with E-state index >= 15 is 0 Å². The quantitative estimate of drug-likeness (QED) is 0.134. The van der Waals surface area contributed by atoms with Crippen molar-refractivity contribution in [3.05, 3.63) is 86.8 Å². The number of rotatable bonds is 13. The van der Waals surface area contributed by atoms with Gasteiger partial charge in [-0.25, -0.2) is 36.6 Å². The predicted molar refractivity (Wildman–Crippen MR) is 179 cm³/mol. The molecule has 0 spiro atoms. The van der Waals surface area contributed by atoms with E-state index in [-0.39, 0.29) is 43.0 Å². The number of nitrogens with two attached hydrogens (primary N) is 1. The van der Waals surface area contributed by atoms with Gasteiger partial charge in [0.05, 0.1) is 0 Å². The number of nitrogens with one attached hydrogen (secondary N) is 4. The molecule has 1 amide bonds. The maximum absolute atomic E-state index is 13.9. The molecule has 0 radical (unpaired) electrons. The third-order valence-electron chi connectivity index (χ3n) is 8.94. The average Bonchev–Trinajstić information content (AvgIpc) is 3.09. The van der Waals surface area contributed by atoms with Gasteiger partial charge in [0, 0.05) is 57.9 Å². The third-order valence-corrected chi connectivity index (χ3v) is 9.43. The van der Waals surface area contributed by atoms with E-state index in [4.69, 9.17) is 5.14 Å². The lowest BCUT2D eigenvalue weighted by molar-refractivity contribution is 0.0609. The van der Waals surface area contributed by atoms with Crippen molar-refractivity contribution in [1.29, 1.82) is 0 Å². The second-order valence-electron chi connectivity index (χ2n) is 12.2. The summed E-state index contributed by atoms with van der Waals surface area (Å²) in [6.45, 7) is 6.15. The van der Waals surface area contributed by atoms with Crippen molar-refractivity contribution in [3.8, 4) is 0 Å². The molecule has 49 heavy (non-hydrogen) atoms. The Bertz CT molecular complexity index is 1710. The van der Waals surface area contributed by atoms with E-state index in [0.717, 1.165) is 56.1 Å². The monoisotopic (exact) mass is 707 g/mol. The average molecular weight is 708 g/mol. The molecule has 1 aromatic heterocycles. The maximum Gasteiger partial charge on any atom is 0.291 e. The molecule has 17 heteroatoms. The lowest BCUT2D eigenvalue weighted by atomic mass is 9.98. The molecule has 6 N–H and O–H groups in total. The highest BCUT2D eigenvalue weighted by atomic mass is 32.2. The number of aromatic amines is 1. The van der Waals surface area contributed by atoms with E-state index in [1.165, 1.54) is 12.1 Å². The molecule has 2 saturated heterocycles. The Balaban J connectivity index is 1.27. The van der Waals surface area contributed by atoms with Crippen molar-refractivity contribution in [2.45, 2.75) is 51.4 Å². The number of benzene rings is 2. The van der Waals surface area contributed by atoms with Crippen LogP contribution in [0, 0.1) is 23.3 Å². The van der Waals surface area contributed by atoms with E-state index in [1.807, 2.05) is 4.90 Å². The number of aromatic nitrogens is 2. The molecule has 2 aromatic carbocycles.